The molecule has 1 aliphatic rings. The first-order valence-electron chi connectivity index (χ1n) is 7.32. The molecule has 1 aromatic rings. The molecule has 114 valence electrons. The molecule has 20 heavy (non-hydrogen) atoms. The fourth-order valence-electron chi connectivity index (χ4n) is 2.92. The second-order valence-electron chi connectivity index (χ2n) is 5.39. The zero-order valence-electron chi connectivity index (χ0n) is 12.3. The SMILES string of the molecule is CCCC1CCCCN1S(=O)(=O)c1cc(CN)sc1C. The fraction of sp³-hybridized carbons (Fsp3) is 0.714. The van der Waals surface area contributed by atoms with E-state index in [4.69, 9.17) is 5.73 Å². The van der Waals surface area contributed by atoms with E-state index in [2.05, 4.69) is 6.92 Å². The summed E-state index contributed by atoms with van der Waals surface area (Å²) in [5.74, 6) is 0. The van der Waals surface area contributed by atoms with Gasteiger partial charge in [-0.1, -0.05) is 19.8 Å². The Hall–Kier alpha value is -0.430. The molecule has 4 nitrogen and oxygen atoms in total. The van der Waals surface area contributed by atoms with Gasteiger partial charge in [-0.15, -0.1) is 11.3 Å². The molecule has 0 bridgehead atoms. The molecule has 0 amide bonds. The third-order valence-corrected chi connectivity index (χ3v) is 7.19. The van der Waals surface area contributed by atoms with Crippen LogP contribution in [0.4, 0.5) is 0 Å². The highest BCUT2D eigenvalue weighted by Crippen LogP contribution is 2.32. The van der Waals surface area contributed by atoms with E-state index in [1.54, 1.807) is 10.4 Å². The number of piperidine rings is 1. The predicted octanol–water partition coefficient (Wildman–Crippen LogP) is 2.86. The number of nitrogens with two attached hydrogens (primary N) is 1. The first-order chi connectivity index (χ1) is 9.50. The van der Waals surface area contributed by atoms with Gasteiger partial charge in [-0.25, -0.2) is 8.42 Å². The third kappa shape index (κ3) is 3.08. The minimum atomic E-state index is -3.37. The number of hydrogen-bond donors (Lipinski definition) is 1. The molecule has 1 saturated heterocycles. The maximum atomic E-state index is 12.9. The van der Waals surface area contributed by atoms with E-state index in [1.807, 2.05) is 6.92 Å². The van der Waals surface area contributed by atoms with E-state index in [1.165, 1.54) is 11.3 Å². The summed E-state index contributed by atoms with van der Waals surface area (Å²) in [6, 6.07) is 1.92. The molecule has 2 rings (SSSR count). The molecule has 0 aromatic carbocycles. The van der Waals surface area contributed by atoms with Crippen LogP contribution in [0.3, 0.4) is 0 Å². The lowest BCUT2D eigenvalue weighted by Crippen LogP contribution is -2.43. The molecular formula is C14H24N2O2S2. The van der Waals surface area contributed by atoms with Crippen molar-refractivity contribution in [2.75, 3.05) is 6.54 Å². The molecule has 0 aliphatic carbocycles. The summed E-state index contributed by atoms with van der Waals surface area (Å²) in [5.41, 5.74) is 5.63. The summed E-state index contributed by atoms with van der Waals surface area (Å²) >= 11 is 1.49. The Kier molecular flexibility index (Phi) is 5.23. The Morgan fingerprint density at radius 1 is 1.45 bits per heavy atom. The van der Waals surface area contributed by atoms with Crippen molar-refractivity contribution in [1.82, 2.24) is 4.31 Å². The largest absolute Gasteiger partial charge is 0.326 e. The van der Waals surface area contributed by atoms with Crippen LogP contribution >= 0.6 is 11.3 Å². The molecule has 0 radical (unpaired) electrons. The Morgan fingerprint density at radius 3 is 2.80 bits per heavy atom. The van der Waals surface area contributed by atoms with Crippen LogP contribution in [0.2, 0.25) is 0 Å². The number of nitrogens with zero attached hydrogens (tertiary/aromatic N) is 1. The van der Waals surface area contributed by atoms with Crippen LogP contribution in [-0.4, -0.2) is 25.3 Å². The van der Waals surface area contributed by atoms with Gasteiger partial charge in [0.1, 0.15) is 0 Å². The predicted molar refractivity (Wildman–Crippen MR) is 83.4 cm³/mol. The summed E-state index contributed by atoms with van der Waals surface area (Å²) in [5, 5.41) is 0. The average molecular weight is 316 g/mol. The Labute approximate surface area is 126 Å². The second kappa shape index (κ2) is 6.56. The van der Waals surface area contributed by atoms with Crippen LogP contribution in [0.25, 0.3) is 0 Å². The van der Waals surface area contributed by atoms with Gasteiger partial charge in [-0.3, -0.25) is 0 Å². The molecular weight excluding hydrogens is 292 g/mol. The van der Waals surface area contributed by atoms with Gasteiger partial charge < -0.3 is 5.73 Å². The van der Waals surface area contributed by atoms with Crippen molar-refractivity contribution in [3.63, 3.8) is 0 Å². The minimum Gasteiger partial charge on any atom is -0.326 e. The lowest BCUT2D eigenvalue weighted by Gasteiger charge is -2.34. The van der Waals surface area contributed by atoms with Gasteiger partial charge in [0, 0.05) is 28.9 Å². The maximum absolute atomic E-state index is 12.9. The van der Waals surface area contributed by atoms with Crippen LogP contribution in [0.5, 0.6) is 0 Å². The molecule has 2 heterocycles. The second-order valence-corrected chi connectivity index (χ2v) is 8.59. The number of hydrogen-bond acceptors (Lipinski definition) is 4. The minimum absolute atomic E-state index is 0.166. The van der Waals surface area contributed by atoms with Gasteiger partial charge in [-0.05, 0) is 32.3 Å². The van der Waals surface area contributed by atoms with Crippen LogP contribution < -0.4 is 5.73 Å². The van der Waals surface area contributed by atoms with Crippen molar-refractivity contribution in [2.45, 2.75) is 63.4 Å². The van der Waals surface area contributed by atoms with E-state index in [-0.39, 0.29) is 6.04 Å². The van der Waals surface area contributed by atoms with Crippen LogP contribution in [0, 0.1) is 6.92 Å². The molecule has 6 heteroatoms. The molecule has 0 spiro atoms. The molecule has 1 aliphatic heterocycles. The quantitative estimate of drug-likeness (QED) is 0.908. The van der Waals surface area contributed by atoms with Crippen LogP contribution in [0.1, 0.15) is 48.8 Å². The first-order valence-corrected chi connectivity index (χ1v) is 9.57. The van der Waals surface area contributed by atoms with Crippen molar-refractivity contribution >= 4 is 21.4 Å². The van der Waals surface area contributed by atoms with Gasteiger partial charge in [0.15, 0.2) is 0 Å². The van der Waals surface area contributed by atoms with Crippen LogP contribution in [-0.2, 0) is 16.6 Å². The van der Waals surface area contributed by atoms with Crippen molar-refractivity contribution in [1.29, 1.82) is 0 Å². The average Bonchev–Trinajstić information content (AvgIpc) is 2.82. The van der Waals surface area contributed by atoms with Gasteiger partial charge >= 0.3 is 0 Å². The van der Waals surface area contributed by atoms with Crippen molar-refractivity contribution in [2.24, 2.45) is 5.73 Å². The van der Waals surface area contributed by atoms with Crippen LogP contribution in [0.15, 0.2) is 11.0 Å². The number of rotatable bonds is 5. The Balaban J connectivity index is 2.34. The fourth-order valence-corrected chi connectivity index (χ4v) is 6.13. The summed E-state index contributed by atoms with van der Waals surface area (Å²) in [6.07, 6.45) is 5.05. The number of sulfonamides is 1. The normalized spacial score (nSPS) is 21.2. The standard InChI is InChI=1S/C14H24N2O2S2/c1-3-6-12-7-4-5-8-16(12)20(17,18)14-9-13(10-15)19-11(14)2/h9,12H,3-8,10,15H2,1-2H3. The molecule has 1 atom stereocenters. The molecule has 1 unspecified atom stereocenters. The van der Waals surface area contributed by atoms with Gasteiger partial charge in [0.05, 0.1) is 4.90 Å². The van der Waals surface area contributed by atoms with Crippen molar-refractivity contribution < 1.29 is 8.42 Å². The lowest BCUT2D eigenvalue weighted by molar-refractivity contribution is 0.239. The van der Waals surface area contributed by atoms with Gasteiger partial charge in [-0.2, -0.15) is 4.31 Å². The van der Waals surface area contributed by atoms with E-state index in [0.29, 0.717) is 18.0 Å². The lowest BCUT2D eigenvalue weighted by atomic mass is 10.0. The van der Waals surface area contributed by atoms with Gasteiger partial charge in [0.2, 0.25) is 10.0 Å². The third-order valence-electron chi connectivity index (χ3n) is 3.91. The number of thiophene rings is 1. The molecule has 1 fully saturated rings. The zero-order chi connectivity index (χ0) is 14.8. The first kappa shape index (κ1) is 15.9. The highest BCUT2D eigenvalue weighted by atomic mass is 32.2. The van der Waals surface area contributed by atoms with Crippen molar-refractivity contribution in [3.8, 4) is 0 Å². The smallest absolute Gasteiger partial charge is 0.244 e. The summed E-state index contributed by atoms with van der Waals surface area (Å²) < 4.78 is 27.6. The molecule has 0 saturated carbocycles. The van der Waals surface area contributed by atoms with Crippen molar-refractivity contribution in [3.05, 3.63) is 15.8 Å². The summed E-state index contributed by atoms with van der Waals surface area (Å²) in [4.78, 5) is 2.25. The Bertz CT molecular complexity index is 550. The molecule has 1 aromatic heterocycles. The van der Waals surface area contributed by atoms with E-state index >= 15 is 0 Å². The van der Waals surface area contributed by atoms with E-state index in [9.17, 15) is 8.42 Å². The van der Waals surface area contributed by atoms with Gasteiger partial charge in [0.25, 0.3) is 0 Å². The Morgan fingerprint density at radius 2 is 2.20 bits per heavy atom. The number of aryl methyl sites for hydroxylation is 1. The summed E-state index contributed by atoms with van der Waals surface area (Å²) in [7, 11) is -3.37. The monoisotopic (exact) mass is 316 g/mol. The topological polar surface area (TPSA) is 63.4 Å². The zero-order valence-corrected chi connectivity index (χ0v) is 13.9. The molecule has 2 N–H and O–H groups in total. The summed E-state index contributed by atoms with van der Waals surface area (Å²) in [6.45, 7) is 5.04. The highest BCUT2D eigenvalue weighted by molar-refractivity contribution is 7.89. The van der Waals surface area contributed by atoms with E-state index < -0.39 is 10.0 Å². The van der Waals surface area contributed by atoms with E-state index in [0.717, 1.165) is 41.9 Å². The highest BCUT2D eigenvalue weighted by Gasteiger charge is 2.34. The maximum Gasteiger partial charge on any atom is 0.244 e.